The number of pyridine rings is 1. The van der Waals surface area contributed by atoms with Gasteiger partial charge in [-0.15, -0.1) is 0 Å². The zero-order valence-electron chi connectivity index (χ0n) is 15.1. The number of rotatable bonds is 7. The summed E-state index contributed by atoms with van der Waals surface area (Å²) in [6.07, 6.45) is 6.18. The molecule has 0 atom stereocenters. The van der Waals surface area contributed by atoms with Gasteiger partial charge in [0.1, 0.15) is 11.4 Å². The van der Waals surface area contributed by atoms with Crippen LogP contribution in [0.25, 0.3) is 11.7 Å². The van der Waals surface area contributed by atoms with Crippen molar-refractivity contribution < 1.29 is 9.53 Å². The van der Waals surface area contributed by atoms with Gasteiger partial charge in [0.25, 0.3) is 0 Å². The van der Waals surface area contributed by atoms with Crippen LogP contribution in [0.3, 0.4) is 0 Å². The van der Waals surface area contributed by atoms with E-state index in [-0.39, 0.29) is 5.91 Å². The molecular formula is C21H23N3O2. The van der Waals surface area contributed by atoms with Gasteiger partial charge in [0.15, 0.2) is 0 Å². The number of carbonyl (C=O) groups excluding carboxylic acids is 1. The lowest BCUT2D eigenvalue weighted by Crippen LogP contribution is -2.20. The highest BCUT2D eigenvalue weighted by molar-refractivity contribution is 5.92. The summed E-state index contributed by atoms with van der Waals surface area (Å²) in [5, 5.41) is 2.87. The van der Waals surface area contributed by atoms with Crippen molar-refractivity contribution in [3.63, 3.8) is 0 Å². The van der Waals surface area contributed by atoms with Gasteiger partial charge in [-0.2, -0.15) is 0 Å². The van der Waals surface area contributed by atoms with Crippen molar-refractivity contribution in [2.75, 3.05) is 6.61 Å². The number of nitrogens with one attached hydrogen (secondary N) is 1. The Morgan fingerprint density at radius 1 is 1.23 bits per heavy atom. The molecule has 3 aromatic rings. The molecule has 0 saturated heterocycles. The molecule has 0 aliphatic heterocycles. The fourth-order valence-corrected chi connectivity index (χ4v) is 2.65. The number of para-hydroxylation sites is 1. The molecule has 1 N–H and O–H groups in total. The van der Waals surface area contributed by atoms with E-state index in [1.54, 1.807) is 6.08 Å². The first-order valence-corrected chi connectivity index (χ1v) is 8.78. The first kappa shape index (κ1) is 17.7. The van der Waals surface area contributed by atoms with E-state index >= 15 is 0 Å². The summed E-state index contributed by atoms with van der Waals surface area (Å²) in [6, 6.07) is 13.6. The highest BCUT2D eigenvalue weighted by atomic mass is 16.5. The van der Waals surface area contributed by atoms with Gasteiger partial charge < -0.3 is 14.5 Å². The third kappa shape index (κ3) is 4.30. The van der Waals surface area contributed by atoms with Gasteiger partial charge in [0.2, 0.25) is 5.91 Å². The van der Waals surface area contributed by atoms with Crippen molar-refractivity contribution >= 4 is 17.6 Å². The first-order chi connectivity index (χ1) is 12.7. The third-order valence-corrected chi connectivity index (χ3v) is 3.98. The number of aromatic nitrogens is 2. The smallest absolute Gasteiger partial charge is 0.244 e. The number of hydrogen-bond acceptors (Lipinski definition) is 3. The second kappa shape index (κ2) is 8.34. The van der Waals surface area contributed by atoms with Gasteiger partial charge in [0, 0.05) is 23.5 Å². The van der Waals surface area contributed by atoms with Gasteiger partial charge in [-0.25, -0.2) is 4.98 Å². The topological polar surface area (TPSA) is 55.6 Å². The van der Waals surface area contributed by atoms with Gasteiger partial charge in [-0.05, 0) is 37.6 Å². The first-order valence-electron chi connectivity index (χ1n) is 8.78. The van der Waals surface area contributed by atoms with E-state index in [1.807, 2.05) is 60.0 Å². The molecule has 5 heteroatoms. The van der Waals surface area contributed by atoms with Crippen LogP contribution < -0.4 is 10.1 Å². The fourth-order valence-electron chi connectivity index (χ4n) is 2.65. The van der Waals surface area contributed by atoms with Crippen molar-refractivity contribution in [1.29, 1.82) is 0 Å². The summed E-state index contributed by atoms with van der Waals surface area (Å²) in [4.78, 5) is 16.6. The Labute approximate surface area is 153 Å². The van der Waals surface area contributed by atoms with Crippen LogP contribution >= 0.6 is 0 Å². The van der Waals surface area contributed by atoms with Crippen molar-refractivity contribution in [3.8, 4) is 5.75 Å². The second-order valence-electron chi connectivity index (χ2n) is 6.07. The minimum atomic E-state index is -0.163. The number of carbonyl (C=O) groups is 1. The number of ether oxygens (including phenoxy) is 1. The van der Waals surface area contributed by atoms with Crippen LogP contribution in [0, 0.1) is 6.92 Å². The van der Waals surface area contributed by atoms with E-state index in [9.17, 15) is 4.79 Å². The number of nitrogens with zero attached hydrogens (tertiary/aromatic N) is 2. The Bertz CT molecular complexity index is 928. The van der Waals surface area contributed by atoms with Crippen LogP contribution in [0.1, 0.15) is 30.3 Å². The number of aryl methyl sites for hydroxylation is 1. The van der Waals surface area contributed by atoms with Crippen LogP contribution in [-0.4, -0.2) is 21.9 Å². The normalized spacial score (nSPS) is 11.2. The van der Waals surface area contributed by atoms with Crippen LogP contribution in [0.2, 0.25) is 0 Å². The molecule has 2 heterocycles. The maximum absolute atomic E-state index is 12.1. The Balaban J connectivity index is 1.62. The predicted octanol–water partition coefficient (Wildman–Crippen LogP) is 3.76. The summed E-state index contributed by atoms with van der Waals surface area (Å²) < 4.78 is 7.71. The van der Waals surface area contributed by atoms with E-state index in [0.717, 1.165) is 34.8 Å². The largest absolute Gasteiger partial charge is 0.493 e. The molecule has 3 rings (SSSR count). The zero-order valence-corrected chi connectivity index (χ0v) is 15.1. The van der Waals surface area contributed by atoms with Crippen LogP contribution in [0.5, 0.6) is 5.75 Å². The van der Waals surface area contributed by atoms with Gasteiger partial charge in [0.05, 0.1) is 18.8 Å². The summed E-state index contributed by atoms with van der Waals surface area (Å²) in [7, 11) is 0. The average molecular weight is 349 g/mol. The minimum absolute atomic E-state index is 0.163. The lowest BCUT2D eigenvalue weighted by atomic mass is 10.2. The highest BCUT2D eigenvalue weighted by Crippen LogP contribution is 2.19. The molecule has 5 nitrogen and oxygen atoms in total. The van der Waals surface area contributed by atoms with Crippen molar-refractivity contribution in [3.05, 3.63) is 71.7 Å². The summed E-state index contributed by atoms with van der Waals surface area (Å²) in [5.41, 5.74) is 3.70. The number of benzene rings is 1. The summed E-state index contributed by atoms with van der Waals surface area (Å²) in [5.74, 6) is 0.623. The molecule has 0 saturated carbocycles. The maximum Gasteiger partial charge on any atom is 0.244 e. The Morgan fingerprint density at radius 2 is 2.08 bits per heavy atom. The van der Waals surface area contributed by atoms with E-state index in [2.05, 4.69) is 17.2 Å². The Hall–Kier alpha value is -3.08. The second-order valence-corrected chi connectivity index (χ2v) is 6.07. The molecule has 26 heavy (non-hydrogen) atoms. The number of hydrogen-bond donors (Lipinski definition) is 1. The molecule has 0 aliphatic rings. The highest BCUT2D eigenvalue weighted by Gasteiger charge is 2.05. The van der Waals surface area contributed by atoms with Crippen LogP contribution in [0.4, 0.5) is 0 Å². The standard InChI is InChI=1S/C21H23N3O2/c1-3-13-26-19-9-5-4-8-17(19)11-12-21(25)22-14-18-15-24-16(2)7-6-10-20(24)23-18/h4-12,15H,3,13-14H2,1-2H3,(H,22,25)/b12-11+. The molecule has 0 radical (unpaired) electrons. The molecule has 0 aliphatic carbocycles. The van der Waals surface area contributed by atoms with Gasteiger partial charge >= 0.3 is 0 Å². The SMILES string of the molecule is CCCOc1ccccc1/C=C/C(=O)NCc1cn2c(C)cccc2n1. The lowest BCUT2D eigenvalue weighted by Gasteiger charge is -2.07. The monoisotopic (exact) mass is 349 g/mol. The summed E-state index contributed by atoms with van der Waals surface area (Å²) >= 11 is 0. The lowest BCUT2D eigenvalue weighted by molar-refractivity contribution is -0.116. The summed E-state index contributed by atoms with van der Waals surface area (Å²) in [6.45, 7) is 5.13. The molecular weight excluding hydrogens is 326 g/mol. The van der Waals surface area contributed by atoms with E-state index in [1.165, 1.54) is 6.08 Å². The zero-order chi connectivity index (χ0) is 18.4. The van der Waals surface area contributed by atoms with E-state index in [0.29, 0.717) is 13.2 Å². The molecule has 0 unspecified atom stereocenters. The van der Waals surface area contributed by atoms with E-state index in [4.69, 9.17) is 4.74 Å². The number of fused-ring (bicyclic) bond motifs is 1. The average Bonchev–Trinajstić information content (AvgIpc) is 3.08. The maximum atomic E-state index is 12.1. The van der Waals surface area contributed by atoms with Gasteiger partial charge in [-0.3, -0.25) is 4.79 Å². The predicted molar refractivity (Wildman–Crippen MR) is 103 cm³/mol. The van der Waals surface area contributed by atoms with Crippen molar-refractivity contribution in [2.24, 2.45) is 0 Å². The fraction of sp³-hybridized carbons (Fsp3) is 0.238. The molecule has 0 spiro atoms. The molecule has 2 aromatic heterocycles. The molecule has 134 valence electrons. The Kier molecular flexibility index (Phi) is 5.69. The van der Waals surface area contributed by atoms with Crippen molar-refractivity contribution in [1.82, 2.24) is 14.7 Å². The van der Waals surface area contributed by atoms with Crippen LogP contribution in [0.15, 0.2) is 54.7 Å². The van der Waals surface area contributed by atoms with Gasteiger partial charge in [-0.1, -0.05) is 31.2 Å². The third-order valence-electron chi connectivity index (χ3n) is 3.98. The molecule has 0 fully saturated rings. The number of imidazole rings is 1. The molecule has 0 bridgehead atoms. The molecule has 1 amide bonds. The number of amides is 1. The van der Waals surface area contributed by atoms with Crippen LogP contribution in [-0.2, 0) is 11.3 Å². The minimum Gasteiger partial charge on any atom is -0.493 e. The van der Waals surface area contributed by atoms with Crippen molar-refractivity contribution in [2.45, 2.75) is 26.8 Å². The Morgan fingerprint density at radius 3 is 2.88 bits per heavy atom. The quantitative estimate of drug-likeness (QED) is 0.661. The van der Waals surface area contributed by atoms with E-state index < -0.39 is 0 Å². The molecule has 1 aromatic carbocycles.